The summed E-state index contributed by atoms with van der Waals surface area (Å²) in [6.07, 6.45) is 2.02. The van der Waals surface area contributed by atoms with Gasteiger partial charge in [-0.2, -0.15) is 0 Å². The zero-order valence-corrected chi connectivity index (χ0v) is 17.5. The molecule has 0 bridgehead atoms. The van der Waals surface area contributed by atoms with Gasteiger partial charge in [0.05, 0.1) is 0 Å². The molecule has 2 aliphatic rings. The fraction of sp³-hybridized carbons (Fsp3) is 0.346. The molecule has 0 radical (unpaired) electrons. The van der Waals surface area contributed by atoms with Gasteiger partial charge in [-0.05, 0) is 59.2 Å². The average Bonchev–Trinajstić information content (AvgIpc) is 2.69. The van der Waals surface area contributed by atoms with Crippen LogP contribution in [0.2, 0.25) is 0 Å². The molecule has 1 aliphatic heterocycles. The van der Waals surface area contributed by atoms with E-state index in [-0.39, 0.29) is 11.8 Å². The summed E-state index contributed by atoms with van der Waals surface area (Å²) < 4.78 is 0. The van der Waals surface area contributed by atoms with Crippen LogP contribution in [0.15, 0.2) is 66.7 Å². The topological polar surface area (TPSA) is 58.4 Å². The lowest BCUT2D eigenvalue weighted by molar-refractivity contribution is -0.148. The zero-order valence-electron chi connectivity index (χ0n) is 17.5. The lowest BCUT2D eigenvalue weighted by Gasteiger charge is -2.60. The van der Waals surface area contributed by atoms with Gasteiger partial charge >= 0.3 is 0 Å². The van der Waals surface area contributed by atoms with E-state index in [4.69, 9.17) is 5.73 Å². The molecule has 0 aromatic heterocycles. The number of carbonyl (C=O) groups excluding carboxylic acids is 1. The number of carbonyl (C=O) groups is 1. The smallest absolute Gasteiger partial charge is 0.223 e. The highest BCUT2D eigenvalue weighted by Crippen LogP contribution is 2.54. The Hall–Kier alpha value is -2.85. The van der Waals surface area contributed by atoms with E-state index in [0.717, 1.165) is 37.2 Å². The van der Waals surface area contributed by atoms with Gasteiger partial charge in [-0.25, -0.2) is 0 Å². The minimum absolute atomic E-state index is 0.154. The van der Waals surface area contributed by atoms with Crippen LogP contribution in [0.3, 0.4) is 0 Å². The third-order valence-corrected chi connectivity index (χ3v) is 7.05. The Labute approximate surface area is 178 Å². The van der Waals surface area contributed by atoms with Crippen molar-refractivity contribution < 1.29 is 4.79 Å². The summed E-state index contributed by atoms with van der Waals surface area (Å²) in [6.45, 7) is 5.05. The van der Waals surface area contributed by atoms with Gasteiger partial charge in [0.1, 0.15) is 0 Å². The molecule has 1 heterocycles. The van der Waals surface area contributed by atoms with E-state index in [1.165, 1.54) is 16.3 Å². The van der Waals surface area contributed by atoms with E-state index < -0.39 is 0 Å². The first-order chi connectivity index (χ1) is 14.5. The summed E-state index contributed by atoms with van der Waals surface area (Å²) in [4.78, 5) is 15.1. The SMILES string of the molecule is C[C@H](c1cccc2ccccc12)N1CC2(CC(C(=O)NCc3cccc(N)c3)C2)C1. The number of nitrogens with zero attached hydrogens (tertiary/aromatic N) is 1. The summed E-state index contributed by atoms with van der Waals surface area (Å²) in [6, 6.07) is 23.3. The Morgan fingerprint density at radius 2 is 1.83 bits per heavy atom. The molecule has 3 aromatic rings. The maximum absolute atomic E-state index is 12.5. The lowest BCUT2D eigenvalue weighted by atomic mass is 9.57. The highest BCUT2D eigenvalue weighted by Gasteiger charge is 2.55. The van der Waals surface area contributed by atoms with E-state index in [1.807, 2.05) is 24.3 Å². The maximum atomic E-state index is 12.5. The summed E-state index contributed by atoms with van der Waals surface area (Å²) in [5.41, 5.74) is 9.35. The molecule has 30 heavy (non-hydrogen) atoms. The molecule has 1 saturated carbocycles. The highest BCUT2D eigenvalue weighted by atomic mass is 16.1. The molecular formula is C26H29N3O. The van der Waals surface area contributed by atoms with Gasteiger partial charge in [-0.1, -0.05) is 54.6 Å². The van der Waals surface area contributed by atoms with Crippen molar-refractivity contribution in [2.75, 3.05) is 18.8 Å². The van der Waals surface area contributed by atoms with E-state index in [9.17, 15) is 4.79 Å². The maximum Gasteiger partial charge on any atom is 0.223 e. The molecule has 3 N–H and O–H groups in total. The number of nitrogen functional groups attached to an aromatic ring is 1. The first-order valence-electron chi connectivity index (χ1n) is 10.9. The molecule has 1 spiro atoms. The second-order valence-electron chi connectivity index (χ2n) is 9.22. The van der Waals surface area contributed by atoms with Crippen LogP contribution in [0.4, 0.5) is 5.69 Å². The predicted molar refractivity (Wildman–Crippen MR) is 122 cm³/mol. The largest absolute Gasteiger partial charge is 0.399 e. The molecule has 5 rings (SSSR count). The molecule has 4 heteroatoms. The van der Waals surface area contributed by atoms with Crippen molar-refractivity contribution in [3.8, 4) is 0 Å². The Morgan fingerprint density at radius 1 is 1.10 bits per heavy atom. The number of likely N-dealkylation sites (tertiary alicyclic amines) is 1. The van der Waals surface area contributed by atoms with Crippen molar-refractivity contribution in [2.24, 2.45) is 11.3 Å². The van der Waals surface area contributed by atoms with Crippen LogP contribution >= 0.6 is 0 Å². The van der Waals surface area contributed by atoms with Crippen molar-refractivity contribution in [3.05, 3.63) is 77.9 Å². The third kappa shape index (κ3) is 3.46. The van der Waals surface area contributed by atoms with E-state index in [0.29, 0.717) is 18.0 Å². The van der Waals surface area contributed by atoms with Crippen LogP contribution in [0.5, 0.6) is 0 Å². The van der Waals surface area contributed by atoms with Gasteiger partial charge in [0.2, 0.25) is 5.91 Å². The third-order valence-electron chi connectivity index (χ3n) is 7.05. The van der Waals surface area contributed by atoms with Crippen molar-refractivity contribution in [2.45, 2.75) is 32.4 Å². The van der Waals surface area contributed by atoms with Crippen LogP contribution in [0.25, 0.3) is 10.8 Å². The van der Waals surface area contributed by atoms with Crippen LogP contribution in [-0.4, -0.2) is 23.9 Å². The molecule has 1 aliphatic carbocycles. The summed E-state index contributed by atoms with van der Waals surface area (Å²) >= 11 is 0. The number of hydrogen-bond acceptors (Lipinski definition) is 3. The van der Waals surface area contributed by atoms with Gasteiger partial charge in [-0.3, -0.25) is 9.69 Å². The lowest BCUT2D eigenvalue weighted by Crippen LogP contribution is -2.64. The molecule has 1 amide bonds. The minimum atomic E-state index is 0.154. The molecule has 1 saturated heterocycles. The number of benzene rings is 3. The van der Waals surface area contributed by atoms with Gasteiger partial charge in [0.25, 0.3) is 0 Å². The summed E-state index contributed by atoms with van der Waals surface area (Å²) in [7, 11) is 0. The molecule has 4 nitrogen and oxygen atoms in total. The van der Waals surface area contributed by atoms with Gasteiger partial charge in [-0.15, -0.1) is 0 Å². The number of hydrogen-bond donors (Lipinski definition) is 2. The Balaban J connectivity index is 1.14. The van der Waals surface area contributed by atoms with E-state index in [2.05, 4.69) is 59.6 Å². The first-order valence-corrected chi connectivity index (χ1v) is 10.9. The second-order valence-corrected chi connectivity index (χ2v) is 9.22. The summed E-state index contributed by atoms with van der Waals surface area (Å²) in [5.74, 6) is 0.338. The normalized spacial score (nSPS) is 19.2. The van der Waals surface area contributed by atoms with E-state index in [1.54, 1.807) is 0 Å². The van der Waals surface area contributed by atoms with Crippen molar-refractivity contribution in [1.82, 2.24) is 10.2 Å². The molecule has 0 unspecified atom stereocenters. The summed E-state index contributed by atoms with van der Waals surface area (Å²) in [5, 5.41) is 5.74. The first kappa shape index (κ1) is 19.1. The Bertz CT molecular complexity index is 1070. The molecular weight excluding hydrogens is 370 g/mol. The zero-order chi connectivity index (χ0) is 20.7. The Morgan fingerprint density at radius 3 is 2.63 bits per heavy atom. The quantitative estimate of drug-likeness (QED) is 0.621. The second kappa shape index (κ2) is 7.44. The van der Waals surface area contributed by atoms with Crippen molar-refractivity contribution in [1.29, 1.82) is 0 Å². The van der Waals surface area contributed by atoms with Gasteiger partial charge in [0, 0.05) is 37.3 Å². The van der Waals surface area contributed by atoms with Crippen LogP contribution in [0, 0.1) is 11.3 Å². The van der Waals surface area contributed by atoms with Crippen LogP contribution in [0.1, 0.15) is 36.9 Å². The van der Waals surface area contributed by atoms with E-state index >= 15 is 0 Å². The van der Waals surface area contributed by atoms with Crippen LogP contribution in [-0.2, 0) is 11.3 Å². The monoisotopic (exact) mass is 399 g/mol. The van der Waals surface area contributed by atoms with Crippen molar-refractivity contribution >= 4 is 22.4 Å². The molecule has 2 fully saturated rings. The fourth-order valence-corrected chi connectivity index (χ4v) is 5.37. The molecule has 3 aromatic carbocycles. The van der Waals surface area contributed by atoms with Gasteiger partial charge < -0.3 is 11.1 Å². The fourth-order valence-electron chi connectivity index (χ4n) is 5.37. The molecule has 1 atom stereocenters. The predicted octanol–water partition coefficient (Wildman–Crippen LogP) is 4.51. The van der Waals surface area contributed by atoms with Crippen molar-refractivity contribution in [3.63, 3.8) is 0 Å². The number of amides is 1. The number of nitrogens with one attached hydrogen (secondary N) is 1. The molecule has 154 valence electrons. The number of nitrogens with two attached hydrogens (primary N) is 1. The number of anilines is 1. The van der Waals surface area contributed by atoms with Crippen LogP contribution < -0.4 is 11.1 Å². The highest BCUT2D eigenvalue weighted by molar-refractivity contribution is 5.86. The number of fused-ring (bicyclic) bond motifs is 1. The standard InChI is InChI=1S/C26H29N3O/c1-18(23-11-5-8-20-7-2-3-10-24(20)23)29-16-26(17-29)13-21(14-26)25(30)28-15-19-6-4-9-22(27)12-19/h2-12,18,21H,13-17,27H2,1H3,(H,28,30)/t18-/m1/s1. The minimum Gasteiger partial charge on any atom is -0.399 e. The average molecular weight is 400 g/mol. The number of rotatable bonds is 5. The van der Waals surface area contributed by atoms with Gasteiger partial charge in [0.15, 0.2) is 0 Å². The Kier molecular flexibility index (Phi) is 4.75.